The summed E-state index contributed by atoms with van der Waals surface area (Å²) in [5, 5.41) is 0. The van der Waals surface area contributed by atoms with E-state index < -0.39 is 21.1 Å². The molecule has 0 radical (unpaired) electrons. The lowest BCUT2D eigenvalue weighted by atomic mass is 10.3. The minimum atomic E-state index is -3.77. The Morgan fingerprint density at radius 1 is 0.750 bits per heavy atom. The second-order valence-corrected chi connectivity index (χ2v) is 17.0. The van der Waals surface area contributed by atoms with Crippen LogP contribution in [-0.4, -0.2) is 25.4 Å². The predicted octanol–water partition coefficient (Wildman–Crippen LogP) is 4.10. The molecule has 2 rings (SSSR count). The molecule has 0 aliphatic heterocycles. The Bertz CT molecular complexity index is 929. The lowest BCUT2D eigenvalue weighted by molar-refractivity contribution is 0.414. The SMILES string of the molecule is COc1ccc(S(=O)(=O)c2ccc(S(=O)(=O)C(Br)(Br)Br)cc2)cc1. The molecular formula is C14H11Br3O5S2. The van der Waals surface area contributed by atoms with Crippen molar-refractivity contribution in [1.29, 1.82) is 0 Å². The van der Waals surface area contributed by atoms with Crippen molar-refractivity contribution in [3.8, 4) is 5.75 Å². The second-order valence-electron chi connectivity index (χ2n) is 4.60. The third kappa shape index (κ3) is 3.87. The first-order valence-electron chi connectivity index (χ1n) is 6.31. The molecule has 0 saturated heterocycles. The summed E-state index contributed by atoms with van der Waals surface area (Å²) in [5.74, 6) is 0.540. The van der Waals surface area contributed by atoms with Gasteiger partial charge in [0, 0.05) is 0 Å². The molecule has 0 unspecified atom stereocenters. The zero-order valence-electron chi connectivity index (χ0n) is 12.1. The number of methoxy groups -OCH3 is 1. The lowest BCUT2D eigenvalue weighted by Gasteiger charge is -2.14. The Morgan fingerprint density at radius 3 is 1.50 bits per heavy atom. The fourth-order valence-electron chi connectivity index (χ4n) is 1.82. The number of rotatable bonds is 4. The third-order valence-electron chi connectivity index (χ3n) is 3.12. The molecule has 0 spiro atoms. The van der Waals surface area contributed by atoms with E-state index in [4.69, 9.17) is 4.74 Å². The number of alkyl halides is 3. The smallest absolute Gasteiger partial charge is 0.239 e. The number of benzene rings is 2. The Labute approximate surface area is 165 Å². The number of ether oxygens (including phenoxy) is 1. The first-order chi connectivity index (χ1) is 11.0. The van der Waals surface area contributed by atoms with Crippen molar-refractivity contribution >= 4 is 67.5 Å². The Hall–Kier alpha value is -0.420. The molecule has 0 amide bonds. The molecule has 10 heteroatoms. The normalized spacial score (nSPS) is 12.8. The van der Waals surface area contributed by atoms with Crippen LogP contribution in [0.4, 0.5) is 0 Å². The van der Waals surface area contributed by atoms with Gasteiger partial charge in [0.2, 0.25) is 21.1 Å². The second kappa shape index (κ2) is 7.06. The molecule has 0 aliphatic rings. The van der Waals surface area contributed by atoms with Crippen molar-refractivity contribution in [2.24, 2.45) is 0 Å². The van der Waals surface area contributed by atoms with Gasteiger partial charge in [0.05, 0.1) is 21.8 Å². The van der Waals surface area contributed by atoms with Crippen molar-refractivity contribution in [2.45, 2.75) is 16.2 Å². The van der Waals surface area contributed by atoms with E-state index in [0.29, 0.717) is 5.75 Å². The summed E-state index contributed by atoms with van der Waals surface area (Å²) >= 11 is 8.88. The molecule has 0 bridgehead atoms. The minimum Gasteiger partial charge on any atom is -0.497 e. The zero-order valence-corrected chi connectivity index (χ0v) is 18.5. The molecule has 5 nitrogen and oxygen atoms in total. The van der Waals surface area contributed by atoms with Crippen LogP contribution in [0.5, 0.6) is 5.75 Å². The Kier molecular flexibility index (Phi) is 5.86. The fraction of sp³-hybridized carbons (Fsp3) is 0.143. The molecule has 0 saturated carbocycles. The molecule has 24 heavy (non-hydrogen) atoms. The number of halogens is 3. The van der Waals surface area contributed by atoms with Crippen molar-refractivity contribution in [3.05, 3.63) is 48.5 Å². The molecular weight excluding hydrogens is 552 g/mol. The molecule has 2 aromatic carbocycles. The Balaban J connectivity index is 2.43. The van der Waals surface area contributed by atoms with Crippen LogP contribution in [0, 0.1) is 0 Å². The van der Waals surface area contributed by atoms with E-state index in [1.165, 1.54) is 43.5 Å². The van der Waals surface area contributed by atoms with Crippen LogP contribution < -0.4 is 4.74 Å². The minimum absolute atomic E-state index is 0.00376. The van der Waals surface area contributed by atoms with Gasteiger partial charge in [-0.2, -0.15) is 0 Å². The highest BCUT2D eigenvalue weighted by Gasteiger charge is 2.37. The maximum atomic E-state index is 12.6. The zero-order chi connectivity index (χ0) is 18.2. The van der Waals surface area contributed by atoms with Gasteiger partial charge < -0.3 is 4.74 Å². The quantitative estimate of drug-likeness (QED) is 0.525. The van der Waals surface area contributed by atoms with Crippen LogP contribution in [0.25, 0.3) is 0 Å². The summed E-state index contributed by atoms with van der Waals surface area (Å²) in [6.45, 7) is 0. The van der Waals surface area contributed by atoms with Gasteiger partial charge in [-0.1, -0.05) is 0 Å². The largest absolute Gasteiger partial charge is 0.497 e. The highest BCUT2D eigenvalue weighted by molar-refractivity contribution is 9.42. The van der Waals surface area contributed by atoms with Crippen molar-refractivity contribution in [3.63, 3.8) is 0 Å². The van der Waals surface area contributed by atoms with Gasteiger partial charge in [-0.15, -0.1) is 0 Å². The predicted molar refractivity (Wildman–Crippen MR) is 102 cm³/mol. The van der Waals surface area contributed by atoms with E-state index in [9.17, 15) is 16.8 Å². The number of hydrogen-bond donors (Lipinski definition) is 0. The Morgan fingerprint density at radius 2 is 1.12 bits per heavy atom. The highest BCUT2D eigenvalue weighted by Crippen LogP contribution is 2.43. The van der Waals surface area contributed by atoms with Crippen LogP contribution in [-0.2, 0) is 19.7 Å². The van der Waals surface area contributed by atoms with Gasteiger partial charge in [-0.25, -0.2) is 16.8 Å². The summed E-state index contributed by atoms with van der Waals surface area (Å²) in [5.41, 5.74) is 0. The maximum Gasteiger partial charge on any atom is 0.239 e. The summed E-state index contributed by atoms with van der Waals surface area (Å²) in [6, 6.07) is 10.9. The summed E-state index contributed by atoms with van der Waals surface area (Å²) < 4.78 is 53.1. The maximum absolute atomic E-state index is 12.6. The van der Waals surface area contributed by atoms with Gasteiger partial charge in [-0.3, -0.25) is 0 Å². The van der Waals surface area contributed by atoms with Crippen molar-refractivity contribution in [1.82, 2.24) is 0 Å². The summed E-state index contributed by atoms with van der Waals surface area (Å²) in [7, 11) is -6.03. The number of hydrogen-bond acceptors (Lipinski definition) is 5. The summed E-state index contributed by atoms with van der Waals surface area (Å²) in [4.78, 5) is 0.0486. The third-order valence-corrected chi connectivity index (χ3v) is 10.2. The van der Waals surface area contributed by atoms with Crippen LogP contribution in [0.1, 0.15) is 0 Å². The van der Waals surface area contributed by atoms with E-state index in [0.717, 1.165) is 0 Å². The standard InChI is InChI=1S/C14H11Br3O5S2/c1-22-10-2-4-11(5-3-10)23(18,19)12-6-8-13(9-7-12)24(20,21)14(15,16)17/h2-9H,1H3. The lowest BCUT2D eigenvalue weighted by Crippen LogP contribution is -2.17. The van der Waals surface area contributed by atoms with Crippen molar-refractivity contribution < 1.29 is 21.6 Å². The van der Waals surface area contributed by atoms with Gasteiger partial charge in [0.1, 0.15) is 5.75 Å². The number of sulfone groups is 2. The van der Waals surface area contributed by atoms with Gasteiger partial charge in [0.25, 0.3) is 0 Å². The molecule has 0 aliphatic carbocycles. The van der Waals surface area contributed by atoms with E-state index in [1.807, 2.05) is 0 Å². The first kappa shape index (κ1) is 19.9. The van der Waals surface area contributed by atoms with E-state index in [2.05, 4.69) is 47.8 Å². The molecule has 0 N–H and O–H groups in total. The molecule has 2 aromatic rings. The van der Waals surface area contributed by atoms with E-state index in [1.54, 1.807) is 12.1 Å². The topological polar surface area (TPSA) is 77.5 Å². The molecule has 0 fully saturated rings. The molecule has 0 atom stereocenters. The van der Waals surface area contributed by atoms with Gasteiger partial charge in [-0.05, 0) is 96.3 Å². The first-order valence-corrected chi connectivity index (χ1v) is 11.7. The average Bonchev–Trinajstić information content (AvgIpc) is 2.54. The van der Waals surface area contributed by atoms with E-state index in [-0.39, 0.29) is 14.7 Å². The highest BCUT2D eigenvalue weighted by atomic mass is 80.0. The van der Waals surface area contributed by atoms with Gasteiger partial charge >= 0.3 is 0 Å². The molecule has 0 heterocycles. The van der Waals surface area contributed by atoms with E-state index >= 15 is 0 Å². The van der Waals surface area contributed by atoms with Gasteiger partial charge in [0.15, 0.2) is 0 Å². The fourth-order valence-corrected chi connectivity index (χ4v) is 5.53. The molecule has 130 valence electrons. The average molecular weight is 563 g/mol. The monoisotopic (exact) mass is 560 g/mol. The summed E-state index contributed by atoms with van der Waals surface area (Å²) in [6.07, 6.45) is 0. The molecule has 0 aromatic heterocycles. The van der Waals surface area contributed by atoms with Crippen LogP contribution in [0.15, 0.2) is 63.2 Å². The van der Waals surface area contributed by atoms with Crippen LogP contribution >= 0.6 is 47.8 Å². The van der Waals surface area contributed by atoms with Crippen LogP contribution in [0.3, 0.4) is 0 Å². The van der Waals surface area contributed by atoms with Crippen LogP contribution in [0.2, 0.25) is 0 Å². The van der Waals surface area contributed by atoms with Crippen molar-refractivity contribution in [2.75, 3.05) is 7.11 Å².